The first-order valence-electron chi connectivity index (χ1n) is 11.7. The zero-order valence-corrected chi connectivity index (χ0v) is 20.6. The van der Waals surface area contributed by atoms with E-state index >= 15 is 0 Å². The Kier molecular flexibility index (Phi) is 7.43. The number of amidine groups is 1. The molecule has 6 heteroatoms. The molecule has 5 nitrogen and oxygen atoms in total. The first-order chi connectivity index (χ1) is 16.0. The minimum Gasteiger partial charge on any atom is -0.493 e. The highest BCUT2D eigenvalue weighted by Gasteiger charge is 2.41. The van der Waals surface area contributed by atoms with E-state index in [4.69, 9.17) is 14.5 Å². The number of para-hydroxylation sites is 1. The SMILES string of the molecule is COc1cc(/C=C2\SC(=Nc3ccccc3)N([C@H]3CCCC[C@@H]3C)C2=O)ccc1OC(C)C. The highest BCUT2D eigenvalue weighted by Crippen LogP contribution is 2.40. The second kappa shape index (κ2) is 10.5. The average Bonchev–Trinajstić information content (AvgIpc) is 3.10. The third-order valence-electron chi connectivity index (χ3n) is 6.06. The monoisotopic (exact) mass is 464 g/mol. The van der Waals surface area contributed by atoms with Gasteiger partial charge in [-0.2, -0.15) is 0 Å². The second-order valence-corrected chi connectivity index (χ2v) is 9.93. The van der Waals surface area contributed by atoms with E-state index in [9.17, 15) is 4.79 Å². The van der Waals surface area contributed by atoms with Crippen LogP contribution in [-0.4, -0.2) is 35.2 Å². The van der Waals surface area contributed by atoms with Crippen LogP contribution in [-0.2, 0) is 4.79 Å². The molecule has 4 rings (SSSR count). The van der Waals surface area contributed by atoms with E-state index in [0.29, 0.717) is 22.3 Å². The van der Waals surface area contributed by atoms with Gasteiger partial charge in [0.15, 0.2) is 16.7 Å². The number of hydrogen-bond donors (Lipinski definition) is 0. The molecule has 2 aromatic rings. The number of aliphatic imine (C=N–C) groups is 1. The van der Waals surface area contributed by atoms with E-state index in [0.717, 1.165) is 35.7 Å². The summed E-state index contributed by atoms with van der Waals surface area (Å²) in [6.07, 6.45) is 6.52. The number of carbonyl (C=O) groups excluding carboxylic acids is 1. The topological polar surface area (TPSA) is 51.1 Å². The summed E-state index contributed by atoms with van der Waals surface area (Å²) in [6, 6.07) is 15.8. The maximum Gasteiger partial charge on any atom is 0.267 e. The normalized spacial score (nSPS) is 23.5. The molecule has 0 aromatic heterocycles. The van der Waals surface area contributed by atoms with Crippen LogP contribution in [0, 0.1) is 5.92 Å². The van der Waals surface area contributed by atoms with Crippen LogP contribution in [0.3, 0.4) is 0 Å². The first-order valence-corrected chi connectivity index (χ1v) is 12.5. The van der Waals surface area contributed by atoms with Gasteiger partial charge in [0.1, 0.15) is 0 Å². The molecular weight excluding hydrogens is 432 g/mol. The second-order valence-electron chi connectivity index (χ2n) is 8.92. The van der Waals surface area contributed by atoms with Gasteiger partial charge >= 0.3 is 0 Å². The van der Waals surface area contributed by atoms with Crippen molar-refractivity contribution in [3.63, 3.8) is 0 Å². The van der Waals surface area contributed by atoms with Gasteiger partial charge in [0, 0.05) is 6.04 Å². The highest BCUT2D eigenvalue weighted by atomic mass is 32.2. The molecule has 1 heterocycles. The predicted octanol–water partition coefficient (Wildman–Crippen LogP) is 6.67. The molecule has 2 aliphatic rings. The number of benzene rings is 2. The third-order valence-corrected chi connectivity index (χ3v) is 7.05. The smallest absolute Gasteiger partial charge is 0.267 e. The van der Waals surface area contributed by atoms with E-state index < -0.39 is 0 Å². The van der Waals surface area contributed by atoms with E-state index in [1.165, 1.54) is 18.2 Å². The summed E-state index contributed by atoms with van der Waals surface area (Å²) >= 11 is 1.46. The van der Waals surface area contributed by atoms with Crippen molar-refractivity contribution in [2.75, 3.05) is 7.11 Å². The Balaban J connectivity index is 1.68. The van der Waals surface area contributed by atoms with Crippen LogP contribution in [0.2, 0.25) is 0 Å². The molecule has 1 saturated carbocycles. The molecule has 33 heavy (non-hydrogen) atoms. The van der Waals surface area contributed by atoms with Crippen molar-refractivity contribution in [3.05, 3.63) is 59.0 Å². The fourth-order valence-electron chi connectivity index (χ4n) is 4.43. The largest absolute Gasteiger partial charge is 0.493 e. The van der Waals surface area contributed by atoms with Crippen molar-refractivity contribution in [2.45, 2.75) is 58.6 Å². The zero-order chi connectivity index (χ0) is 23.4. The number of nitrogens with zero attached hydrogens (tertiary/aromatic N) is 2. The van der Waals surface area contributed by atoms with Gasteiger partial charge in [-0.25, -0.2) is 4.99 Å². The van der Waals surface area contributed by atoms with Crippen LogP contribution < -0.4 is 9.47 Å². The fourth-order valence-corrected chi connectivity index (χ4v) is 5.47. The van der Waals surface area contributed by atoms with Crippen molar-refractivity contribution in [2.24, 2.45) is 10.9 Å². The lowest BCUT2D eigenvalue weighted by Crippen LogP contribution is -2.44. The van der Waals surface area contributed by atoms with Crippen LogP contribution in [0.5, 0.6) is 11.5 Å². The predicted molar refractivity (Wildman–Crippen MR) is 136 cm³/mol. The van der Waals surface area contributed by atoms with Crippen LogP contribution in [0.15, 0.2) is 58.4 Å². The third kappa shape index (κ3) is 5.44. The molecule has 2 fully saturated rings. The quantitative estimate of drug-likeness (QED) is 0.448. The summed E-state index contributed by atoms with van der Waals surface area (Å²) in [5.41, 5.74) is 1.76. The van der Waals surface area contributed by atoms with Crippen molar-refractivity contribution >= 4 is 34.6 Å². The van der Waals surface area contributed by atoms with Crippen LogP contribution in [0.25, 0.3) is 6.08 Å². The van der Waals surface area contributed by atoms with Crippen molar-refractivity contribution < 1.29 is 14.3 Å². The molecule has 2 aromatic carbocycles. The molecule has 1 aliphatic heterocycles. The van der Waals surface area contributed by atoms with Crippen LogP contribution in [0.1, 0.15) is 52.0 Å². The number of thioether (sulfide) groups is 1. The molecule has 174 valence electrons. The molecule has 1 amide bonds. The van der Waals surface area contributed by atoms with Crippen molar-refractivity contribution in [1.82, 2.24) is 4.90 Å². The maximum absolute atomic E-state index is 13.6. The van der Waals surface area contributed by atoms with E-state index in [1.807, 2.05) is 73.4 Å². The Bertz CT molecular complexity index is 1050. The highest BCUT2D eigenvalue weighted by molar-refractivity contribution is 8.18. The number of rotatable bonds is 6. The molecule has 0 bridgehead atoms. The molecule has 0 spiro atoms. The molecule has 0 radical (unpaired) electrons. The summed E-state index contributed by atoms with van der Waals surface area (Å²) in [5.74, 6) is 1.85. The number of hydrogen-bond acceptors (Lipinski definition) is 5. The average molecular weight is 465 g/mol. The lowest BCUT2D eigenvalue weighted by atomic mass is 9.85. The Morgan fingerprint density at radius 1 is 1.09 bits per heavy atom. The lowest BCUT2D eigenvalue weighted by molar-refractivity contribution is -0.124. The van der Waals surface area contributed by atoms with Crippen LogP contribution in [0.4, 0.5) is 5.69 Å². The number of amides is 1. The van der Waals surface area contributed by atoms with Gasteiger partial charge in [-0.05, 0) is 80.3 Å². The standard InChI is InChI=1S/C27H32N2O3S/c1-18(2)32-23-15-14-20(16-24(23)31-4)17-25-26(30)29(22-13-9-8-10-19(22)3)27(33-25)28-21-11-6-5-7-12-21/h5-7,11-12,14-19,22H,8-10,13H2,1-4H3/b25-17-,28-27?/t19-,22-/m0/s1. The van der Waals surface area contributed by atoms with Gasteiger partial charge < -0.3 is 9.47 Å². The summed E-state index contributed by atoms with van der Waals surface area (Å²) < 4.78 is 11.4. The molecule has 0 unspecified atom stereocenters. The van der Waals surface area contributed by atoms with Crippen molar-refractivity contribution in [1.29, 1.82) is 0 Å². The molecule has 1 aliphatic carbocycles. The van der Waals surface area contributed by atoms with Crippen LogP contribution >= 0.6 is 11.8 Å². The maximum atomic E-state index is 13.6. The van der Waals surface area contributed by atoms with Gasteiger partial charge in [0.05, 0.1) is 23.8 Å². The number of carbonyl (C=O) groups is 1. The summed E-state index contributed by atoms with van der Waals surface area (Å²) in [5, 5.41) is 0.767. The first kappa shape index (κ1) is 23.4. The van der Waals surface area contributed by atoms with E-state index in [1.54, 1.807) is 7.11 Å². The summed E-state index contributed by atoms with van der Waals surface area (Å²) in [7, 11) is 1.63. The van der Waals surface area contributed by atoms with Gasteiger partial charge in [-0.1, -0.05) is 44.0 Å². The van der Waals surface area contributed by atoms with E-state index in [2.05, 4.69) is 6.92 Å². The number of ether oxygens (including phenoxy) is 2. The summed E-state index contributed by atoms with van der Waals surface area (Å²) in [4.78, 5) is 21.1. The van der Waals surface area contributed by atoms with Gasteiger partial charge in [-0.15, -0.1) is 0 Å². The molecule has 0 N–H and O–H groups in total. The Morgan fingerprint density at radius 2 is 1.85 bits per heavy atom. The molecular formula is C27H32N2O3S. The Morgan fingerprint density at radius 3 is 2.55 bits per heavy atom. The Labute approximate surface area is 200 Å². The van der Waals surface area contributed by atoms with Gasteiger partial charge in [0.2, 0.25) is 0 Å². The van der Waals surface area contributed by atoms with Gasteiger partial charge in [0.25, 0.3) is 5.91 Å². The lowest BCUT2D eigenvalue weighted by Gasteiger charge is -2.35. The molecule has 2 atom stereocenters. The Hall–Kier alpha value is -2.73. The fraction of sp³-hybridized carbons (Fsp3) is 0.407. The number of methoxy groups -OCH3 is 1. The van der Waals surface area contributed by atoms with Gasteiger partial charge in [-0.3, -0.25) is 9.69 Å². The molecule has 1 saturated heterocycles. The van der Waals surface area contributed by atoms with E-state index in [-0.39, 0.29) is 18.1 Å². The minimum absolute atomic E-state index is 0.0369. The zero-order valence-electron chi connectivity index (χ0n) is 19.8. The minimum atomic E-state index is 0.0369. The summed E-state index contributed by atoms with van der Waals surface area (Å²) in [6.45, 7) is 6.22. The van der Waals surface area contributed by atoms with Crippen molar-refractivity contribution in [3.8, 4) is 11.5 Å².